The Morgan fingerprint density at radius 2 is 0.444 bits per heavy atom. The Balaban J connectivity index is 5.62. The fourth-order valence-electron chi connectivity index (χ4n) is 7.85. The molecule has 0 aromatic carbocycles. The van der Waals surface area contributed by atoms with Gasteiger partial charge in [-0.15, -0.1) is 0 Å². The van der Waals surface area contributed by atoms with Gasteiger partial charge in [0.05, 0.1) is 26.4 Å². The summed E-state index contributed by atoms with van der Waals surface area (Å²) < 4.78 is 44.3. The number of unbranched alkanes of at least 4 members (excludes halogenated alkanes) is 30. The van der Waals surface area contributed by atoms with Crippen molar-refractivity contribution in [1.82, 2.24) is 0 Å². The third-order valence-corrected chi connectivity index (χ3v) is 12.0. The topological polar surface area (TPSA) is 64.6 Å². The van der Waals surface area contributed by atoms with Gasteiger partial charge in [0.2, 0.25) is 0 Å². The molecule has 7 heteroatoms. The van der Waals surface area contributed by atoms with Gasteiger partial charge >= 0.3 is 0 Å². The Kier molecular flexibility index (Phi) is 52.0. The van der Waals surface area contributed by atoms with Crippen LogP contribution in [-0.2, 0) is 33.2 Å². The summed E-state index contributed by atoms with van der Waals surface area (Å²) in [5.74, 6) is 3.66. The highest BCUT2D eigenvalue weighted by Gasteiger charge is 2.14. The van der Waals surface area contributed by atoms with Crippen molar-refractivity contribution >= 4 is 0 Å². The normalized spacial score (nSPS) is 12.4. The quantitative estimate of drug-likeness (QED) is 0.0342. The van der Waals surface area contributed by atoms with Crippen LogP contribution in [0.25, 0.3) is 0 Å². The second kappa shape index (κ2) is 53.2. The summed E-state index contributed by atoms with van der Waals surface area (Å²) in [6.45, 7) is 17.5. The van der Waals surface area contributed by atoms with E-state index in [0.29, 0.717) is 26.4 Å². The summed E-state index contributed by atoms with van der Waals surface area (Å²) in [5, 5.41) is 0. The van der Waals surface area contributed by atoms with E-state index in [1.807, 2.05) is 0 Å². The van der Waals surface area contributed by atoms with E-state index in [1.54, 1.807) is 0 Å². The van der Waals surface area contributed by atoms with Crippen molar-refractivity contribution in [2.45, 2.75) is 286 Å². The summed E-state index contributed by atoms with van der Waals surface area (Å²) in [6, 6.07) is 0. The molecule has 0 aliphatic rings. The monoisotopic (exact) mass is 895 g/mol. The fraction of sp³-hybridized carbons (Fsp3) is 0.929. The lowest BCUT2D eigenvalue weighted by atomic mass is 10.1. The fourth-order valence-corrected chi connectivity index (χ4v) is 7.85. The van der Waals surface area contributed by atoms with E-state index in [0.717, 1.165) is 87.6 Å². The van der Waals surface area contributed by atoms with Crippen molar-refractivity contribution in [2.24, 2.45) is 0 Å². The summed E-state index contributed by atoms with van der Waals surface area (Å²) in [6.07, 6.45) is 46.8. The Morgan fingerprint density at radius 1 is 0.222 bits per heavy atom. The summed E-state index contributed by atoms with van der Waals surface area (Å²) in [4.78, 5) is 0. The lowest BCUT2D eigenvalue weighted by molar-refractivity contribution is -0.132. The summed E-state index contributed by atoms with van der Waals surface area (Å²) in [5.41, 5.74) is 0. The molecule has 0 amide bonds. The maximum absolute atomic E-state index is 6.54. The zero-order valence-electron chi connectivity index (χ0n) is 43.4. The zero-order chi connectivity index (χ0) is 45.8. The zero-order valence-corrected chi connectivity index (χ0v) is 43.4. The Hall–Kier alpha value is -1.44. The molecule has 0 bridgehead atoms. The van der Waals surface area contributed by atoms with Crippen LogP contribution >= 0.6 is 0 Å². The summed E-state index contributed by atoms with van der Waals surface area (Å²) >= 11 is 0. The second-order valence-electron chi connectivity index (χ2n) is 18.3. The summed E-state index contributed by atoms with van der Waals surface area (Å²) in [7, 11) is 0. The van der Waals surface area contributed by atoms with E-state index in [-0.39, 0.29) is 13.6 Å². The lowest BCUT2D eigenvalue weighted by Crippen LogP contribution is -2.14. The molecule has 0 saturated heterocycles. The largest absolute Gasteiger partial charge is 0.494 e. The number of ether oxygens (including phenoxy) is 7. The molecule has 7 nitrogen and oxygen atoms in total. The predicted molar refractivity (Wildman–Crippen MR) is 270 cm³/mol. The first-order chi connectivity index (χ1) is 31.2. The molecular formula is C56H110O7. The van der Waals surface area contributed by atoms with Crippen molar-refractivity contribution in [3.05, 3.63) is 23.0 Å². The minimum Gasteiger partial charge on any atom is -0.494 e. The van der Waals surface area contributed by atoms with Crippen molar-refractivity contribution in [3.63, 3.8) is 0 Å². The van der Waals surface area contributed by atoms with Gasteiger partial charge < -0.3 is 33.2 Å². The van der Waals surface area contributed by atoms with Crippen LogP contribution in [0, 0.1) is 0 Å². The standard InChI is InChI=1S/C56H110O7/c1-7-13-19-25-27-29-31-37-43-53(60-45-39-33-21-15-9-3)55(62-47-41-35-23-17-11-5)49-57-51-59-52-58-50-56(63-48-42-36-24-18-12-6)54(61-46-40-34-22-16-10-4)44-38-32-30-28-26-20-14-8-2/h7-52H2,1-6H3. The van der Waals surface area contributed by atoms with Crippen LogP contribution in [0.5, 0.6) is 0 Å². The molecule has 0 aromatic rings. The Labute approximate surface area is 393 Å². The van der Waals surface area contributed by atoms with Crippen molar-refractivity contribution in [2.75, 3.05) is 53.2 Å². The second-order valence-corrected chi connectivity index (χ2v) is 18.3. The molecule has 0 heterocycles. The highest BCUT2D eigenvalue weighted by Crippen LogP contribution is 2.22. The van der Waals surface area contributed by atoms with Gasteiger partial charge in [-0.25, -0.2) is 0 Å². The van der Waals surface area contributed by atoms with Crippen LogP contribution in [0.3, 0.4) is 0 Å². The predicted octanol–water partition coefficient (Wildman–Crippen LogP) is 18.4. The molecule has 0 aliphatic heterocycles. The number of rotatable bonds is 54. The molecule has 0 atom stereocenters. The molecule has 0 aromatic heterocycles. The van der Waals surface area contributed by atoms with E-state index >= 15 is 0 Å². The average molecular weight is 895 g/mol. The minimum absolute atomic E-state index is 0.127. The van der Waals surface area contributed by atoms with Crippen LogP contribution in [0.15, 0.2) is 23.0 Å². The van der Waals surface area contributed by atoms with Crippen LogP contribution in [0.4, 0.5) is 0 Å². The van der Waals surface area contributed by atoms with Crippen LogP contribution < -0.4 is 0 Å². The molecule has 0 N–H and O–H groups in total. The SMILES string of the molecule is CCCCCCCCCCC(OCCCCCCC)=C(COCOCOCC(OCCCCCCC)=C(CCCCCCCCCC)OCCCCCCC)OCCCCCCC. The van der Waals surface area contributed by atoms with Crippen molar-refractivity contribution in [3.8, 4) is 0 Å². The van der Waals surface area contributed by atoms with Gasteiger partial charge in [-0.2, -0.15) is 0 Å². The van der Waals surface area contributed by atoms with E-state index < -0.39 is 0 Å². The Morgan fingerprint density at radius 3 is 0.714 bits per heavy atom. The molecular weight excluding hydrogens is 785 g/mol. The first-order valence-electron chi connectivity index (χ1n) is 27.9. The molecule has 0 unspecified atom stereocenters. The molecule has 0 spiro atoms. The molecule has 63 heavy (non-hydrogen) atoms. The molecule has 0 fully saturated rings. The van der Waals surface area contributed by atoms with Gasteiger partial charge in [0.1, 0.15) is 38.3 Å². The Bertz CT molecular complexity index is 876. The van der Waals surface area contributed by atoms with E-state index in [9.17, 15) is 0 Å². The first kappa shape index (κ1) is 61.6. The van der Waals surface area contributed by atoms with Crippen LogP contribution in [0.1, 0.15) is 286 Å². The van der Waals surface area contributed by atoms with Crippen LogP contribution in [0.2, 0.25) is 0 Å². The van der Waals surface area contributed by atoms with E-state index in [4.69, 9.17) is 33.2 Å². The number of allylic oxidation sites excluding steroid dienone is 2. The third-order valence-electron chi connectivity index (χ3n) is 12.0. The molecule has 376 valence electrons. The van der Waals surface area contributed by atoms with E-state index in [1.165, 1.54) is 193 Å². The van der Waals surface area contributed by atoms with Crippen LogP contribution in [-0.4, -0.2) is 53.2 Å². The van der Waals surface area contributed by atoms with Gasteiger partial charge in [0.15, 0.2) is 11.5 Å². The minimum atomic E-state index is 0.127. The first-order valence-corrected chi connectivity index (χ1v) is 27.9. The van der Waals surface area contributed by atoms with Crippen molar-refractivity contribution in [1.29, 1.82) is 0 Å². The molecule has 0 rings (SSSR count). The highest BCUT2D eigenvalue weighted by molar-refractivity contribution is 5.03. The third kappa shape index (κ3) is 44.2. The lowest BCUT2D eigenvalue weighted by Gasteiger charge is -2.19. The van der Waals surface area contributed by atoms with Gasteiger partial charge in [0, 0.05) is 12.8 Å². The number of hydrogen-bond acceptors (Lipinski definition) is 7. The van der Waals surface area contributed by atoms with Gasteiger partial charge in [-0.1, -0.05) is 234 Å². The average Bonchev–Trinajstić information content (AvgIpc) is 3.29. The van der Waals surface area contributed by atoms with Gasteiger partial charge in [-0.3, -0.25) is 0 Å². The van der Waals surface area contributed by atoms with Crippen molar-refractivity contribution < 1.29 is 33.2 Å². The smallest absolute Gasteiger partial charge is 0.159 e. The maximum Gasteiger partial charge on any atom is 0.159 e. The molecule has 0 aliphatic carbocycles. The maximum atomic E-state index is 6.54. The molecule has 0 radical (unpaired) electrons. The van der Waals surface area contributed by atoms with Gasteiger partial charge in [-0.05, 0) is 38.5 Å². The van der Waals surface area contributed by atoms with Gasteiger partial charge in [0.25, 0.3) is 0 Å². The molecule has 0 saturated carbocycles. The highest BCUT2D eigenvalue weighted by atomic mass is 16.7. The number of hydrogen-bond donors (Lipinski definition) is 0. The van der Waals surface area contributed by atoms with E-state index in [2.05, 4.69) is 41.5 Å².